The molecular weight excluding hydrogens is 366 g/mol. The average molecular weight is 389 g/mol. The molecule has 27 heavy (non-hydrogen) atoms. The quantitative estimate of drug-likeness (QED) is 0.731. The van der Waals surface area contributed by atoms with E-state index < -0.39 is 10.0 Å². The highest BCUT2D eigenvalue weighted by Gasteiger charge is 2.21. The molecule has 3 N–H and O–H groups in total. The first-order valence-electron chi connectivity index (χ1n) is 8.77. The summed E-state index contributed by atoms with van der Waals surface area (Å²) in [6, 6.07) is 13.5. The van der Waals surface area contributed by atoms with Gasteiger partial charge in [-0.05, 0) is 54.7 Å². The summed E-state index contributed by atoms with van der Waals surface area (Å²) in [6.07, 6.45) is 1.56. The predicted octanol–water partition coefficient (Wildman–Crippen LogP) is 2.36. The van der Waals surface area contributed by atoms with Crippen molar-refractivity contribution < 1.29 is 17.9 Å². The van der Waals surface area contributed by atoms with E-state index in [0.29, 0.717) is 18.8 Å². The van der Waals surface area contributed by atoms with Crippen molar-refractivity contribution >= 4 is 21.7 Å². The van der Waals surface area contributed by atoms with Crippen molar-refractivity contribution in [1.82, 2.24) is 10.0 Å². The Morgan fingerprint density at radius 1 is 1.15 bits per heavy atom. The number of fused-ring (bicyclic) bond motifs is 1. The van der Waals surface area contributed by atoms with E-state index in [1.165, 1.54) is 19.2 Å². The molecule has 0 aliphatic carbocycles. The second-order valence-electron chi connectivity index (χ2n) is 6.40. The van der Waals surface area contributed by atoms with Crippen LogP contribution in [0, 0.1) is 5.92 Å². The maximum absolute atomic E-state index is 12.6. The number of hydrogen-bond donors (Lipinski definition) is 3. The number of anilines is 1. The molecule has 1 aliphatic heterocycles. The van der Waals surface area contributed by atoms with E-state index in [1.807, 2.05) is 24.3 Å². The molecule has 1 aliphatic rings. The molecule has 7 nitrogen and oxygen atoms in total. The lowest BCUT2D eigenvalue weighted by atomic mass is 9.97. The number of urea groups is 1. The minimum atomic E-state index is -3.62. The van der Waals surface area contributed by atoms with Crippen LogP contribution in [0.25, 0.3) is 0 Å². The van der Waals surface area contributed by atoms with Crippen molar-refractivity contribution in [3.8, 4) is 5.75 Å². The van der Waals surface area contributed by atoms with Crippen LogP contribution >= 0.6 is 0 Å². The Hall–Kier alpha value is -2.58. The highest BCUT2D eigenvalue weighted by Crippen LogP contribution is 2.26. The first kappa shape index (κ1) is 19.2. The highest BCUT2D eigenvalue weighted by atomic mass is 32.2. The molecule has 144 valence electrons. The molecule has 1 heterocycles. The van der Waals surface area contributed by atoms with Gasteiger partial charge in [0.05, 0.1) is 11.5 Å². The third-order valence-corrected chi connectivity index (χ3v) is 5.92. The first-order chi connectivity index (χ1) is 13.0. The summed E-state index contributed by atoms with van der Waals surface area (Å²) in [4.78, 5) is 11.5. The molecule has 0 bridgehead atoms. The van der Waals surface area contributed by atoms with Gasteiger partial charge in [0.25, 0.3) is 0 Å². The summed E-state index contributed by atoms with van der Waals surface area (Å²) < 4.78 is 33.5. The number of ether oxygens (including phenoxy) is 1. The molecule has 1 atom stereocenters. The largest absolute Gasteiger partial charge is 0.493 e. The number of para-hydroxylation sites is 1. The normalized spacial score (nSPS) is 16.6. The van der Waals surface area contributed by atoms with Crippen LogP contribution in [-0.2, 0) is 16.4 Å². The standard InChI is InChI=1S/C19H23N3O4S/c1-20-19(23)22-16-6-8-17(9-7-16)27(24,25)21-13-14-10-11-26-18-5-3-2-4-15(18)12-14/h2-9,14,21H,10-13H2,1H3,(H2,20,22,23)/t14-/m0/s1. The molecule has 0 spiro atoms. The molecule has 0 aromatic heterocycles. The average Bonchev–Trinajstić information content (AvgIpc) is 2.89. The van der Waals surface area contributed by atoms with E-state index in [1.54, 1.807) is 12.1 Å². The fourth-order valence-corrected chi connectivity index (χ4v) is 4.07. The zero-order chi connectivity index (χ0) is 19.3. The number of rotatable bonds is 5. The Bertz CT molecular complexity index is 897. The fraction of sp³-hybridized carbons (Fsp3) is 0.316. The van der Waals surface area contributed by atoms with E-state index >= 15 is 0 Å². The smallest absolute Gasteiger partial charge is 0.318 e. The van der Waals surface area contributed by atoms with Crippen molar-refractivity contribution in [2.24, 2.45) is 5.92 Å². The lowest BCUT2D eigenvalue weighted by Gasteiger charge is -2.15. The number of carbonyl (C=O) groups is 1. The Labute approximate surface area is 159 Å². The zero-order valence-corrected chi connectivity index (χ0v) is 15.9. The minimum absolute atomic E-state index is 0.162. The Morgan fingerprint density at radius 2 is 1.89 bits per heavy atom. The lowest BCUT2D eigenvalue weighted by Crippen LogP contribution is -2.30. The van der Waals surface area contributed by atoms with Gasteiger partial charge < -0.3 is 15.4 Å². The maximum Gasteiger partial charge on any atom is 0.318 e. The van der Waals surface area contributed by atoms with E-state index in [0.717, 1.165) is 24.2 Å². The summed E-state index contributed by atoms with van der Waals surface area (Å²) in [5, 5.41) is 5.03. The van der Waals surface area contributed by atoms with Gasteiger partial charge in [0.15, 0.2) is 0 Å². The van der Waals surface area contributed by atoms with Crippen LogP contribution in [-0.4, -0.2) is 34.6 Å². The van der Waals surface area contributed by atoms with Crippen molar-refractivity contribution in [1.29, 1.82) is 0 Å². The maximum atomic E-state index is 12.6. The van der Waals surface area contributed by atoms with Crippen LogP contribution in [0.2, 0.25) is 0 Å². The summed E-state index contributed by atoms with van der Waals surface area (Å²) >= 11 is 0. The Morgan fingerprint density at radius 3 is 2.63 bits per heavy atom. The van der Waals surface area contributed by atoms with Crippen LogP contribution in [0.1, 0.15) is 12.0 Å². The van der Waals surface area contributed by atoms with Gasteiger partial charge in [-0.2, -0.15) is 0 Å². The van der Waals surface area contributed by atoms with E-state index in [9.17, 15) is 13.2 Å². The molecule has 0 saturated heterocycles. The molecule has 3 rings (SSSR count). The van der Waals surface area contributed by atoms with Crippen molar-refractivity contribution in [2.75, 3.05) is 25.5 Å². The van der Waals surface area contributed by atoms with Crippen molar-refractivity contribution in [3.05, 3.63) is 54.1 Å². The number of carbonyl (C=O) groups excluding carboxylic acids is 1. The first-order valence-corrected chi connectivity index (χ1v) is 10.3. The van der Waals surface area contributed by atoms with Gasteiger partial charge in [-0.15, -0.1) is 0 Å². The van der Waals surface area contributed by atoms with Crippen LogP contribution < -0.4 is 20.1 Å². The molecular formula is C19H23N3O4S. The monoisotopic (exact) mass is 389 g/mol. The van der Waals surface area contributed by atoms with Crippen LogP contribution in [0.5, 0.6) is 5.75 Å². The lowest BCUT2D eigenvalue weighted by molar-refractivity contribution is 0.254. The fourth-order valence-electron chi connectivity index (χ4n) is 2.96. The summed E-state index contributed by atoms with van der Waals surface area (Å²) in [6.45, 7) is 0.918. The summed E-state index contributed by atoms with van der Waals surface area (Å²) in [7, 11) is -2.11. The van der Waals surface area contributed by atoms with Gasteiger partial charge in [0.1, 0.15) is 5.75 Å². The molecule has 2 aromatic carbocycles. The molecule has 2 aromatic rings. The third kappa shape index (κ3) is 4.99. The summed E-state index contributed by atoms with van der Waals surface area (Å²) in [5.74, 6) is 1.04. The predicted molar refractivity (Wildman–Crippen MR) is 103 cm³/mol. The number of benzene rings is 2. The van der Waals surface area contributed by atoms with E-state index in [4.69, 9.17) is 4.74 Å². The van der Waals surface area contributed by atoms with Gasteiger partial charge in [0.2, 0.25) is 10.0 Å². The topological polar surface area (TPSA) is 96.5 Å². The number of nitrogens with one attached hydrogen (secondary N) is 3. The van der Waals surface area contributed by atoms with Crippen molar-refractivity contribution in [2.45, 2.75) is 17.7 Å². The van der Waals surface area contributed by atoms with Gasteiger partial charge in [-0.25, -0.2) is 17.9 Å². The number of amides is 2. The molecule has 8 heteroatoms. The number of hydrogen-bond acceptors (Lipinski definition) is 4. The molecule has 0 unspecified atom stereocenters. The van der Waals surface area contributed by atoms with E-state index in [-0.39, 0.29) is 16.8 Å². The minimum Gasteiger partial charge on any atom is -0.493 e. The molecule has 0 saturated carbocycles. The van der Waals surface area contributed by atoms with E-state index in [2.05, 4.69) is 15.4 Å². The van der Waals surface area contributed by atoms with Gasteiger partial charge in [-0.3, -0.25) is 0 Å². The zero-order valence-electron chi connectivity index (χ0n) is 15.1. The third-order valence-electron chi connectivity index (χ3n) is 4.48. The Balaban J connectivity index is 1.62. The van der Waals surface area contributed by atoms with Crippen molar-refractivity contribution in [3.63, 3.8) is 0 Å². The molecule has 0 radical (unpaired) electrons. The SMILES string of the molecule is CNC(=O)Nc1ccc(S(=O)(=O)NC[C@H]2CCOc3ccccc3C2)cc1. The second kappa shape index (κ2) is 8.41. The second-order valence-corrected chi connectivity index (χ2v) is 8.16. The highest BCUT2D eigenvalue weighted by molar-refractivity contribution is 7.89. The molecule has 0 fully saturated rings. The van der Waals surface area contributed by atoms with Crippen LogP contribution in [0.15, 0.2) is 53.4 Å². The van der Waals surface area contributed by atoms with Gasteiger partial charge in [0, 0.05) is 19.3 Å². The van der Waals surface area contributed by atoms with Gasteiger partial charge >= 0.3 is 6.03 Å². The van der Waals surface area contributed by atoms with Crippen LogP contribution in [0.3, 0.4) is 0 Å². The number of sulfonamides is 1. The Kier molecular flexibility index (Phi) is 5.98. The molecule has 2 amide bonds. The van der Waals surface area contributed by atoms with Gasteiger partial charge in [-0.1, -0.05) is 18.2 Å². The van der Waals surface area contributed by atoms with Crippen LogP contribution in [0.4, 0.5) is 10.5 Å². The summed E-state index contributed by atoms with van der Waals surface area (Å²) in [5.41, 5.74) is 1.62.